The highest BCUT2D eigenvalue weighted by molar-refractivity contribution is 5.70. The van der Waals surface area contributed by atoms with Crippen molar-refractivity contribution >= 4 is 11.9 Å². The molecule has 7 nitrogen and oxygen atoms in total. The molecular weight excluding hydrogens is 192 g/mol. The highest BCUT2D eigenvalue weighted by Crippen LogP contribution is 2.00. The van der Waals surface area contributed by atoms with E-state index in [1.54, 1.807) is 0 Å². The maximum atomic E-state index is 10.2. The van der Waals surface area contributed by atoms with Crippen molar-refractivity contribution in [2.24, 2.45) is 0 Å². The number of quaternary nitrogens is 2. The Bertz CT molecular complexity index is 220. The predicted octanol–water partition coefficient (Wildman–Crippen LogP) is -6.15. The van der Waals surface area contributed by atoms with Crippen LogP contribution in [0.25, 0.3) is 0 Å². The van der Waals surface area contributed by atoms with Crippen molar-refractivity contribution in [3.63, 3.8) is 0 Å². The van der Waals surface area contributed by atoms with Crippen molar-refractivity contribution in [3.05, 3.63) is 0 Å². The van der Waals surface area contributed by atoms with Crippen molar-refractivity contribution in [3.8, 4) is 0 Å². The first-order valence-corrected chi connectivity index (χ1v) is 4.12. The Balaban J connectivity index is 3.90. The van der Waals surface area contributed by atoms with Crippen LogP contribution >= 0.6 is 0 Å². The lowest BCUT2D eigenvalue weighted by molar-refractivity contribution is -0.455. The summed E-state index contributed by atoms with van der Waals surface area (Å²) in [7, 11) is 0. The summed E-state index contributed by atoms with van der Waals surface area (Å²) < 4.78 is 0. The quantitative estimate of drug-likeness (QED) is 0.394. The number of carbonyl (C=O) groups is 2. The number of hydrogen-bond acceptors (Lipinski definition) is 5. The molecule has 0 spiro atoms. The molecule has 0 amide bonds. The predicted molar refractivity (Wildman–Crippen MR) is 38.6 cm³/mol. The third-order valence-electron chi connectivity index (χ3n) is 1.91. The van der Waals surface area contributed by atoms with E-state index in [4.69, 9.17) is 0 Å². The lowest BCUT2D eigenvalue weighted by Gasteiger charge is -2.17. The molecule has 0 saturated heterocycles. The SMILES string of the molecule is [NH3+][C@@H](CC[C@H](O)[C@@H]([NH3+])C(=O)[O-])C(=O)[O-]. The number of carbonyl (C=O) groups excluding carboxylic acids is 2. The van der Waals surface area contributed by atoms with Gasteiger partial charge in [0, 0.05) is 6.42 Å². The number of carboxylic acids is 2. The molecule has 7 heteroatoms. The van der Waals surface area contributed by atoms with Gasteiger partial charge in [0.1, 0.15) is 18.1 Å². The van der Waals surface area contributed by atoms with Crippen molar-refractivity contribution in [1.29, 1.82) is 0 Å². The molecular formula is C7H14N2O5. The summed E-state index contributed by atoms with van der Waals surface area (Å²) in [4.78, 5) is 20.5. The molecule has 0 aromatic rings. The number of rotatable bonds is 6. The van der Waals surface area contributed by atoms with Gasteiger partial charge < -0.3 is 36.4 Å². The minimum Gasteiger partial charge on any atom is -0.544 e. The van der Waals surface area contributed by atoms with E-state index in [1.807, 2.05) is 0 Å². The molecule has 0 saturated carbocycles. The second-order valence-corrected chi connectivity index (χ2v) is 3.09. The van der Waals surface area contributed by atoms with Crippen LogP contribution in [0.3, 0.4) is 0 Å². The number of carboxylic acid groups (broad SMARTS) is 2. The fourth-order valence-corrected chi connectivity index (χ4v) is 0.848. The van der Waals surface area contributed by atoms with E-state index >= 15 is 0 Å². The molecule has 14 heavy (non-hydrogen) atoms. The summed E-state index contributed by atoms with van der Waals surface area (Å²) in [6.07, 6.45) is -1.18. The Morgan fingerprint density at radius 1 is 1.14 bits per heavy atom. The van der Waals surface area contributed by atoms with Crippen LogP contribution in [0.1, 0.15) is 12.8 Å². The van der Waals surface area contributed by atoms with Gasteiger partial charge in [-0.3, -0.25) is 0 Å². The third-order valence-corrected chi connectivity index (χ3v) is 1.91. The number of hydrogen-bond donors (Lipinski definition) is 3. The van der Waals surface area contributed by atoms with E-state index in [-0.39, 0.29) is 12.8 Å². The van der Waals surface area contributed by atoms with Gasteiger partial charge >= 0.3 is 0 Å². The average Bonchev–Trinajstić information content (AvgIpc) is 2.11. The standard InChI is InChI=1S/C7H14N2O5/c8-3(6(11)12)1-2-4(10)5(9)7(13)14/h3-5,10H,1-2,8-9H2,(H,11,12)(H,13,14)/t3-,4-,5+/m0/s1. The van der Waals surface area contributed by atoms with Gasteiger partial charge in [0.25, 0.3) is 0 Å². The highest BCUT2D eigenvalue weighted by Gasteiger charge is 2.21. The maximum absolute atomic E-state index is 10.2. The summed E-state index contributed by atoms with van der Waals surface area (Å²) in [6, 6.07) is -2.22. The van der Waals surface area contributed by atoms with Gasteiger partial charge in [-0.1, -0.05) is 0 Å². The van der Waals surface area contributed by atoms with Crippen LogP contribution in [-0.2, 0) is 9.59 Å². The summed E-state index contributed by atoms with van der Waals surface area (Å²) in [5.41, 5.74) is 6.42. The van der Waals surface area contributed by atoms with Crippen LogP contribution < -0.4 is 21.7 Å². The molecule has 3 atom stereocenters. The minimum absolute atomic E-state index is 0.00963. The van der Waals surface area contributed by atoms with E-state index < -0.39 is 30.1 Å². The molecule has 0 aromatic carbocycles. The smallest absolute Gasteiger partial charge is 0.151 e. The zero-order valence-electron chi connectivity index (χ0n) is 7.64. The molecule has 0 bridgehead atoms. The molecule has 0 radical (unpaired) electrons. The zero-order chi connectivity index (χ0) is 11.3. The molecule has 0 rings (SSSR count). The van der Waals surface area contributed by atoms with Gasteiger partial charge in [-0.05, 0) is 6.42 Å². The molecule has 82 valence electrons. The summed E-state index contributed by atoms with van der Waals surface area (Å²) >= 11 is 0. The number of aliphatic hydroxyl groups is 1. The van der Waals surface area contributed by atoms with Crippen LogP contribution in [0.15, 0.2) is 0 Å². The molecule has 0 aliphatic rings. The fraction of sp³-hybridized carbons (Fsp3) is 0.714. The number of aliphatic carboxylic acids is 2. The van der Waals surface area contributed by atoms with Crippen molar-refractivity contribution < 1.29 is 36.4 Å². The second-order valence-electron chi connectivity index (χ2n) is 3.09. The van der Waals surface area contributed by atoms with Crippen molar-refractivity contribution in [2.45, 2.75) is 31.0 Å². The van der Waals surface area contributed by atoms with Gasteiger partial charge in [-0.25, -0.2) is 0 Å². The van der Waals surface area contributed by atoms with Gasteiger partial charge in [0.15, 0.2) is 6.04 Å². The molecule has 0 heterocycles. The fourth-order valence-electron chi connectivity index (χ4n) is 0.848. The Kier molecular flexibility index (Phi) is 5.06. The Morgan fingerprint density at radius 3 is 2.00 bits per heavy atom. The van der Waals surface area contributed by atoms with Gasteiger partial charge in [0.2, 0.25) is 0 Å². The normalized spacial score (nSPS) is 17.1. The Hall–Kier alpha value is -1.18. The lowest BCUT2D eigenvalue weighted by atomic mass is 10.0. The van der Waals surface area contributed by atoms with E-state index in [9.17, 15) is 24.9 Å². The topological polar surface area (TPSA) is 156 Å². The minimum atomic E-state index is -1.47. The summed E-state index contributed by atoms with van der Waals surface area (Å²) in [5, 5.41) is 29.7. The Morgan fingerprint density at radius 2 is 1.64 bits per heavy atom. The first-order chi connectivity index (χ1) is 6.36. The average molecular weight is 206 g/mol. The molecule has 0 aliphatic carbocycles. The van der Waals surface area contributed by atoms with Gasteiger partial charge in [-0.15, -0.1) is 0 Å². The molecule has 0 fully saturated rings. The second kappa shape index (κ2) is 5.53. The van der Waals surface area contributed by atoms with Crippen LogP contribution in [0.4, 0.5) is 0 Å². The van der Waals surface area contributed by atoms with E-state index in [1.165, 1.54) is 0 Å². The first-order valence-electron chi connectivity index (χ1n) is 4.12. The van der Waals surface area contributed by atoms with Crippen LogP contribution in [0.5, 0.6) is 0 Å². The molecule has 0 unspecified atom stereocenters. The van der Waals surface area contributed by atoms with E-state index in [2.05, 4.69) is 11.5 Å². The highest BCUT2D eigenvalue weighted by atomic mass is 16.4. The van der Waals surface area contributed by atoms with Crippen molar-refractivity contribution in [1.82, 2.24) is 0 Å². The summed E-state index contributed by atoms with van der Waals surface area (Å²) in [5.74, 6) is -2.79. The van der Waals surface area contributed by atoms with Crippen LogP contribution in [-0.4, -0.2) is 35.2 Å². The summed E-state index contributed by atoms with van der Waals surface area (Å²) in [6.45, 7) is 0. The first kappa shape index (κ1) is 12.8. The van der Waals surface area contributed by atoms with Crippen LogP contribution in [0.2, 0.25) is 0 Å². The van der Waals surface area contributed by atoms with Gasteiger partial charge in [-0.2, -0.15) is 0 Å². The lowest BCUT2D eigenvalue weighted by Crippen LogP contribution is -2.73. The largest absolute Gasteiger partial charge is 0.544 e. The zero-order valence-corrected chi connectivity index (χ0v) is 7.64. The van der Waals surface area contributed by atoms with Crippen LogP contribution in [0, 0.1) is 0 Å². The molecule has 0 aliphatic heterocycles. The third kappa shape index (κ3) is 4.17. The van der Waals surface area contributed by atoms with Crippen molar-refractivity contribution in [2.75, 3.05) is 0 Å². The number of aliphatic hydroxyl groups excluding tert-OH is 1. The van der Waals surface area contributed by atoms with Gasteiger partial charge in [0.05, 0.1) is 5.97 Å². The Labute approximate surface area is 80.3 Å². The monoisotopic (exact) mass is 206 g/mol. The van der Waals surface area contributed by atoms with E-state index in [0.717, 1.165) is 0 Å². The van der Waals surface area contributed by atoms with E-state index in [0.29, 0.717) is 0 Å². The molecule has 0 aromatic heterocycles. The molecule has 7 N–H and O–H groups in total. The maximum Gasteiger partial charge on any atom is 0.151 e.